The van der Waals surface area contributed by atoms with Crippen molar-refractivity contribution in [3.05, 3.63) is 46.4 Å². The number of hydrogen-bond acceptors (Lipinski definition) is 4. The summed E-state index contributed by atoms with van der Waals surface area (Å²) >= 11 is 11.8. The van der Waals surface area contributed by atoms with E-state index >= 15 is 0 Å². The molecule has 0 saturated heterocycles. The van der Waals surface area contributed by atoms with Crippen LogP contribution >= 0.6 is 23.2 Å². The van der Waals surface area contributed by atoms with E-state index in [9.17, 15) is 8.42 Å². The molecule has 106 valence electrons. The Bertz CT molecular complexity index is 743. The lowest BCUT2D eigenvalue weighted by molar-refractivity contribution is 0.598. The zero-order chi connectivity index (χ0) is 14.9. The molecule has 0 aliphatic heterocycles. The van der Waals surface area contributed by atoms with Crippen LogP contribution in [0.2, 0.25) is 10.0 Å². The van der Waals surface area contributed by atoms with Crippen LogP contribution in [0.25, 0.3) is 0 Å². The Kier molecular flexibility index (Phi) is 4.10. The predicted molar refractivity (Wildman–Crippen MR) is 82.0 cm³/mol. The van der Waals surface area contributed by atoms with E-state index in [2.05, 4.69) is 5.32 Å². The van der Waals surface area contributed by atoms with Gasteiger partial charge in [-0.2, -0.15) is 0 Å². The number of nitrogens with two attached hydrogens (primary N) is 2. The summed E-state index contributed by atoms with van der Waals surface area (Å²) < 4.78 is 23.1. The Morgan fingerprint density at radius 1 is 1.00 bits per heavy atom. The Labute approximate surface area is 126 Å². The van der Waals surface area contributed by atoms with Crippen LogP contribution in [0.15, 0.2) is 41.3 Å². The van der Waals surface area contributed by atoms with E-state index in [-0.39, 0.29) is 4.90 Å². The van der Waals surface area contributed by atoms with Crippen LogP contribution in [-0.2, 0) is 10.0 Å². The van der Waals surface area contributed by atoms with Crippen molar-refractivity contribution in [2.75, 3.05) is 11.1 Å². The van der Waals surface area contributed by atoms with Crippen molar-refractivity contribution in [2.24, 2.45) is 5.14 Å². The summed E-state index contributed by atoms with van der Waals surface area (Å²) in [4.78, 5) is -0.103. The minimum Gasteiger partial charge on any atom is -0.399 e. The molecule has 0 aliphatic rings. The van der Waals surface area contributed by atoms with Gasteiger partial charge in [-0.1, -0.05) is 23.2 Å². The highest BCUT2D eigenvalue weighted by Gasteiger charge is 2.15. The van der Waals surface area contributed by atoms with Gasteiger partial charge in [0.25, 0.3) is 0 Å². The molecule has 20 heavy (non-hydrogen) atoms. The van der Waals surface area contributed by atoms with Crippen LogP contribution in [0.5, 0.6) is 0 Å². The zero-order valence-electron chi connectivity index (χ0n) is 10.1. The number of benzene rings is 2. The normalized spacial score (nSPS) is 11.3. The van der Waals surface area contributed by atoms with Gasteiger partial charge < -0.3 is 11.1 Å². The van der Waals surface area contributed by atoms with Crippen molar-refractivity contribution >= 4 is 50.3 Å². The summed E-state index contributed by atoms with van der Waals surface area (Å²) in [7, 11) is -3.90. The van der Waals surface area contributed by atoms with Gasteiger partial charge in [0.15, 0.2) is 0 Å². The lowest BCUT2D eigenvalue weighted by Crippen LogP contribution is -2.14. The first-order chi connectivity index (χ1) is 9.25. The molecule has 2 aromatic carbocycles. The minimum atomic E-state index is -3.90. The van der Waals surface area contributed by atoms with E-state index in [1.807, 2.05) is 0 Å². The summed E-state index contributed by atoms with van der Waals surface area (Å²) in [6.45, 7) is 0. The van der Waals surface area contributed by atoms with Gasteiger partial charge in [0.1, 0.15) is 4.90 Å². The third kappa shape index (κ3) is 3.55. The summed E-state index contributed by atoms with van der Waals surface area (Å²) in [6, 6.07) is 9.14. The summed E-state index contributed by atoms with van der Waals surface area (Å²) in [5, 5.41) is 8.92. The fourth-order valence-corrected chi connectivity index (χ4v) is 2.91. The fraction of sp³-hybridized carbons (Fsp3) is 0. The Morgan fingerprint density at radius 3 is 2.15 bits per heavy atom. The minimum absolute atomic E-state index is 0.103. The largest absolute Gasteiger partial charge is 0.399 e. The zero-order valence-corrected chi connectivity index (χ0v) is 12.4. The first-order valence-electron chi connectivity index (χ1n) is 5.41. The molecule has 5 nitrogen and oxygen atoms in total. The van der Waals surface area contributed by atoms with E-state index in [0.717, 1.165) is 0 Å². The number of hydrogen-bond donors (Lipinski definition) is 3. The summed E-state index contributed by atoms with van der Waals surface area (Å²) in [5.41, 5.74) is 6.70. The first kappa shape index (κ1) is 14.9. The predicted octanol–water partition coefficient (Wildman–Crippen LogP) is 2.97. The van der Waals surface area contributed by atoms with Gasteiger partial charge >= 0.3 is 0 Å². The molecule has 2 aromatic rings. The average molecular weight is 332 g/mol. The Hall–Kier alpha value is -1.47. The van der Waals surface area contributed by atoms with Gasteiger partial charge in [-0.3, -0.25) is 0 Å². The molecule has 0 saturated carbocycles. The quantitative estimate of drug-likeness (QED) is 0.753. The van der Waals surface area contributed by atoms with Crippen molar-refractivity contribution in [1.29, 1.82) is 0 Å². The van der Waals surface area contributed by atoms with Crippen LogP contribution in [0.1, 0.15) is 0 Å². The lowest BCUT2D eigenvalue weighted by atomic mass is 10.2. The molecule has 2 rings (SSSR count). The average Bonchev–Trinajstić information content (AvgIpc) is 2.28. The molecule has 0 amide bonds. The van der Waals surface area contributed by atoms with Gasteiger partial charge in [0.2, 0.25) is 10.0 Å². The number of primary sulfonamides is 1. The third-order valence-electron chi connectivity index (χ3n) is 2.45. The van der Waals surface area contributed by atoms with Crippen LogP contribution in [0.4, 0.5) is 17.1 Å². The fourth-order valence-electron chi connectivity index (χ4n) is 1.66. The number of rotatable bonds is 3. The standard InChI is InChI=1S/C12H11Cl2N3O2S/c13-7-3-8(14)5-10(4-7)17-11-2-1-9(15)6-12(11)20(16,18)19/h1-6,17H,15H2,(H2,16,18,19). The monoisotopic (exact) mass is 331 g/mol. The van der Waals surface area contributed by atoms with Gasteiger partial charge in [-0.25, -0.2) is 13.6 Å². The van der Waals surface area contributed by atoms with E-state index in [4.69, 9.17) is 34.1 Å². The molecule has 0 fully saturated rings. The number of anilines is 3. The topological polar surface area (TPSA) is 98.2 Å². The molecule has 0 heterocycles. The van der Waals surface area contributed by atoms with Gasteiger partial charge in [0, 0.05) is 21.4 Å². The highest BCUT2D eigenvalue weighted by molar-refractivity contribution is 7.89. The Morgan fingerprint density at radius 2 is 1.60 bits per heavy atom. The smallest absolute Gasteiger partial charge is 0.240 e. The maximum Gasteiger partial charge on any atom is 0.240 e. The second kappa shape index (κ2) is 5.49. The molecular formula is C12H11Cl2N3O2S. The highest BCUT2D eigenvalue weighted by Crippen LogP contribution is 2.29. The third-order valence-corrected chi connectivity index (χ3v) is 3.84. The molecule has 0 spiro atoms. The molecule has 0 atom stereocenters. The second-order valence-electron chi connectivity index (χ2n) is 4.08. The summed E-state index contributed by atoms with van der Waals surface area (Å²) in [6.07, 6.45) is 0. The van der Waals surface area contributed by atoms with Crippen LogP contribution in [0.3, 0.4) is 0 Å². The van der Waals surface area contributed by atoms with E-state index < -0.39 is 10.0 Å². The molecule has 0 unspecified atom stereocenters. The molecule has 0 radical (unpaired) electrons. The van der Waals surface area contributed by atoms with Crippen molar-refractivity contribution in [2.45, 2.75) is 4.90 Å². The van der Waals surface area contributed by atoms with E-state index in [0.29, 0.717) is 27.1 Å². The molecule has 8 heteroatoms. The maximum atomic E-state index is 11.6. The van der Waals surface area contributed by atoms with E-state index in [1.54, 1.807) is 24.3 Å². The highest BCUT2D eigenvalue weighted by atomic mass is 35.5. The molecule has 0 aromatic heterocycles. The van der Waals surface area contributed by atoms with Crippen LogP contribution < -0.4 is 16.2 Å². The van der Waals surface area contributed by atoms with Crippen LogP contribution in [0, 0.1) is 0 Å². The molecular weight excluding hydrogens is 321 g/mol. The lowest BCUT2D eigenvalue weighted by Gasteiger charge is -2.12. The number of halogens is 2. The summed E-state index contributed by atoms with van der Waals surface area (Å²) in [5.74, 6) is 0. The van der Waals surface area contributed by atoms with Crippen molar-refractivity contribution in [3.63, 3.8) is 0 Å². The molecule has 0 bridgehead atoms. The Balaban J connectivity index is 2.48. The van der Waals surface area contributed by atoms with Crippen LogP contribution in [-0.4, -0.2) is 8.42 Å². The van der Waals surface area contributed by atoms with Crippen molar-refractivity contribution < 1.29 is 8.42 Å². The van der Waals surface area contributed by atoms with Crippen molar-refractivity contribution in [1.82, 2.24) is 0 Å². The van der Waals surface area contributed by atoms with Crippen molar-refractivity contribution in [3.8, 4) is 0 Å². The molecule has 5 N–H and O–H groups in total. The van der Waals surface area contributed by atoms with Gasteiger partial charge in [-0.15, -0.1) is 0 Å². The number of nitrogen functional groups attached to an aromatic ring is 1. The number of nitrogens with one attached hydrogen (secondary N) is 1. The molecule has 0 aliphatic carbocycles. The first-order valence-corrected chi connectivity index (χ1v) is 7.71. The van der Waals surface area contributed by atoms with E-state index in [1.165, 1.54) is 12.1 Å². The van der Waals surface area contributed by atoms with Gasteiger partial charge in [0.05, 0.1) is 5.69 Å². The number of sulfonamides is 1. The second-order valence-corrected chi connectivity index (χ2v) is 6.49. The maximum absolute atomic E-state index is 11.6. The van der Waals surface area contributed by atoms with Gasteiger partial charge in [-0.05, 0) is 36.4 Å². The SMILES string of the molecule is Nc1ccc(Nc2cc(Cl)cc(Cl)c2)c(S(N)(=O)=O)c1.